The Kier molecular flexibility index (Phi) is 8.61. The monoisotopic (exact) mass is 873 g/mol. The van der Waals surface area contributed by atoms with Gasteiger partial charge in [-0.3, -0.25) is 0 Å². The first kappa shape index (κ1) is 38.1. The fraction of sp³-hybridized carbons (Fsp3) is 0.0484. The van der Waals surface area contributed by atoms with Gasteiger partial charge in [0.25, 0.3) is 0 Å². The lowest BCUT2D eigenvalue weighted by molar-refractivity contribution is 0.650. The number of fused-ring (bicyclic) bond motifs is 12. The SMILES string of the molecule is c1ccc(-c2ccc(-c3nc(-c4ccc5sc6ccccc6c5c4)nc(-c4ccc5c(oc6c7ccccc7ccc56)c4C4CCc5ccccc5-c5cc6ccccc6cc54)n3)cc2)cc1. The van der Waals surface area contributed by atoms with Crippen molar-refractivity contribution in [2.75, 3.05) is 0 Å². The Labute approximate surface area is 390 Å². The number of hydrogen-bond donors (Lipinski definition) is 0. The standard InChI is InChI=1S/C62H39N3OS/c1-2-12-37(13-3-1)38-22-24-41(25-23-38)60-63-61(44-28-33-56-54(36-44)47-20-10-11-21-55(47)67-56)65-62(64-60)51-32-31-50-49-30-27-40-15-7-9-19-46(40)58(49)66-59(50)57(51)48-29-26-39-14-6-8-18-45(39)52-34-42-16-4-5-17-43(42)35-53(48)52/h1-25,27-28,30-36,48H,26,29H2. The van der Waals surface area contributed by atoms with E-state index in [9.17, 15) is 0 Å². The van der Waals surface area contributed by atoms with Crippen LogP contribution in [0.5, 0.6) is 0 Å². The van der Waals surface area contributed by atoms with Crippen molar-refractivity contribution in [1.82, 2.24) is 15.0 Å². The third-order valence-electron chi connectivity index (χ3n) is 14.0. The fourth-order valence-corrected chi connectivity index (χ4v) is 11.8. The average Bonchev–Trinajstić information content (AvgIpc) is 3.93. The molecule has 1 atom stereocenters. The summed E-state index contributed by atoms with van der Waals surface area (Å²) in [5.74, 6) is 1.82. The van der Waals surface area contributed by atoms with Crippen LogP contribution in [0.3, 0.4) is 0 Å². The Morgan fingerprint density at radius 3 is 1.88 bits per heavy atom. The third-order valence-corrected chi connectivity index (χ3v) is 15.1. The molecule has 0 saturated heterocycles. The first-order valence-corrected chi connectivity index (χ1v) is 23.8. The van der Waals surface area contributed by atoms with Gasteiger partial charge in [0.1, 0.15) is 11.2 Å². The molecule has 0 saturated carbocycles. The molecule has 13 aromatic rings. The van der Waals surface area contributed by atoms with Crippen molar-refractivity contribution in [3.63, 3.8) is 0 Å². The van der Waals surface area contributed by atoms with Crippen molar-refractivity contribution in [3.05, 3.63) is 223 Å². The van der Waals surface area contributed by atoms with Gasteiger partial charge >= 0.3 is 0 Å². The molecule has 4 nitrogen and oxygen atoms in total. The van der Waals surface area contributed by atoms with Crippen LogP contribution < -0.4 is 0 Å². The Bertz CT molecular complexity index is 4110. The van der Waals surface area contributed by atoms with Crippen LogP contribution in [0, 0.1) is 0 Å². The summed E-state index contributed by atoms with van der Waals surface area (Å²) >= 11 is 1.81. The molecule has 67 heavy (non-hydrogen) atoms. The van der Waals surface area contributed by atoms with Gasteiger partial charge in [-0.2, -0.15) is 0 Å². The van der Waals surface area contributed by atoms with Crippen molar-refractivity contribution < 1.29 is 4.42 Å². The molecule has 10 aromatic carbocycles. The minimum atomic E-state index is -0.0557. The highest BCUT2D eigenvalue weighted by molar-refractivity contribution is 7.25. The Balaban J connectivity index is 1.05. The molecule has 3 aromatic heterocycles. The summed E-state index contributed by atoms with van der Waals surface area (Å²) in [6.07, 6.45) is 1.78. The van der Waals surface area contributed by atoms with Crippen LogP contribution in [0.4, 0.5) is 0 Å². The van der Waals surface area contributed by atoms with Gasteiger partial charge in [0.15, 0.2) is 17.5 Å². The van der Waals surface area contributed by atoms with Crippen molar-refractivity contribution in [3.8, 4) is 56.4 Å². The van der Waals surface area contributed by atoms with Gasteiger partial charge in [-0.25, -0.2) is 15.0 Å². The van der Waals surface area contributed by atoms with E-state index in [0.717, 1.165) is 78.9 Å². The van der Waals surface area contributed by atoms with E-state index >= 15 is 0 Å². The second-order valence-electron chi connectivity index (χ2n) is 17.8. The predicted octanol–water partition coefficient (Wildman–Crippen LogP) is 16.9. The lowest BCUT2D eigenvalue weighted by Gasteiger charge is -2.23. The Morgan fingerprint density at radius 2 is 1.01 bits per heavy atom. The quantitative estimate of drug-likeness (QED) is 0.173. The summed E-state index contributed by atoms with van der Waals surface area (Å²) in [5, 5.41) is 9.32. The van der Waals surface area contributed by atoms with E-state index in [-0.39, 0.29) is 5.92 Å². The molecule has 3 heterocycles. The number of benzene rings is 10. The van der Waals surface area contributed by atoms with E-state index < -0.39 is 0 Å². The maximum absolute atomic E-state index is 7.33. The highest BCUT2D eigenvalue weighted by atomic mass is 32.1. The zero-order valence-corrected chi connectivity index (χ0v) is 37.1. The molecule has 0 radical (unpaired) electrons. The maximum Gasteiger partial charge on any atom is 0.164 e. The molecule has 1 aliphatic rings. The average molecular weight is 874 g/mol. The largest absolute Gasteiger partial charge is 0.455 e. The first-order chi connectivity index (χ1) is 33.2. The van der Waals surface area contributed by atoms with Crippen LogP contribution in [-0.4, -0.2) is 15.0 Å². The summed E-state index contributed by atoms with van der Waals surface area (Å²) in [5.41, 5.74) is 13.2. The van der Waals surface area contributed by atoms with E-state index in [0.29, 0.717) is 17.5 Å². The molecule has 0 fully saturated rings. The molecule has 0 amide bonds. The molecule has 1 unspecified atom stereocenters. The van der Waals surface area contributed by atoms with Crippen molar-refractivity contribution in [2.24, 2.45) is 0 Å². The highest BCUT2D eigenvalue weighted by Gasteiger charge is 2.31. The van der Waals surface area contributed by atoms with Crippen molar-refractivity contribution >= 4 is 75.0 Å². The lowest BCUT2D eigenvalue weighted by atomic mass is 9.81. The maximum atomic E-state index is 7.33. The number of rotatable bonds is 5. The number of nitrogens with zero attached hydrogens (tertiary/aromatic N) is 3. The van der Waals surface area contributed by atoms with Crippen LogP contribution in [0.2, 0.25) is 0 Å². The van der Waals surface area contributed by atoms with E-state index in [1.165, 1.54) is 53.2 Å². The zero-order chi connectivity index (χ0) is 44.0. The molecular weight excluding hydrogens is 835 g/mol. The van der Waals surface area contributed by atoms with E-state index in [4.69, 9.17) is 19.4 Å². The number of aryl methyl sites for hydroxylation is 1. The normalized spacial score (nSPS) is 13.7. The van der Waals surface area contributed by atoms with Gasteiger partial charge in [0, 0.05) is 64.5 Å². The van der Waals surface area contributed by atoms with Crippen LogP contribution in [0.15, 0.2) is 211 Å². The zero-order valence-electron chi connectivity index (χ0n) is 36.3. The van der Waals surface area contributed by atoms with Crippen LogP contribution in [0.25, 0.3) is 120 Å². The third kappa shape index (κ3) is 6.23. The van der Waals surface area contributed by atoms with Crippen LogP contribution in [0.1, 0.15) is 29.0 Å². The molecule has 0 bridgehead atoms. The summed E-state index contributed by atoms with van der Waals surface area (Å²) in [6.45, 7) is 0. The summed E-state index contributed by atoms with van der Waals surface area (Å²) in [6, 6.07) is 74.3. The Morgan fingerprint density at radius 1 is 0.388 bits per heavy atom. The molecule has 1 aliphatic carbocycles. The minimum absolute atomic E-state index is 0.0557. The first-order valence-electron chi connectivity index (χ1n) is 23.0. The van der Waals surface area contributed by atoms with E-state index in [1.54, 1.807) is 0 Å². The number of thiophene rings is 1. The molecule has 0 N–H and O–H groups in total. The predicted molar refractivity (Wildman–Crippen MR) is 279 cm³/mol. The molecule has 5 heteroatoms. The van der Waals surface area contributed by atoms with Gasteiger partial charge < -0.3 is 4.42 Å². The molecule has 14 rings (SSSR count). The number of furan rings is 1. The summed E-state index contributed by atoms with van der Waals surface area (Å²) < 4.78 is 9.83. The minimum Gasteiger partial charge on any atom is -0.455 e. The Hall–Kier alpha value is -8.25. The second-order valence-corrected chi connectivity index (χ2v) is 18.8. The van der Waals surface area contributed by atoms with Crippen LogP contribution >= 0.6 is 11.3 Å². The van der Waals surface area contributed by atoms with Gasteiger partial charge in [0.05, 0.1) is 0 Å². The highest BCUT2D eigenvalue weighted by Crippen LogP contribution is 2.49. The second kappa shape index (κ2) is 15.2. The van der Waals surface area contributed by atoms with Crippen molar-refractivity contribution in [2.45, 2.75) is 18.8 Å². The van der Waals surface area contributed by atoms with Gasteiger partial charge in [-0.05, 0) is 117 Å². The lowest BCUT2D eigenvalue weighted by Crippen LogP contribution is -2.08. The summed E-state index contributed by atoms with van der Waals surface area (Å²) in [7, 11) is 0. The smallest absolute Gasteiger partial charge is 0.164 e. The van der Waals surface area contributed by atoms with Gasteiger partial charge in [-0.1, -0.05) is 152 Å². The number of aromatic nitrogens is 3. The van der Waals surface area contributed by atoms with Gasteiger partial charge in [-0.15, -0.1) is 11.3 Å². The molecule has 0 aliphatic heterocycles. The molecular formula is C62H39N3OS. The van der Waals surface area contributed by atoms with E-state index in [2.05, 4.69) is 206 Å². The number of hydrogen-bond acceptors (Lipinski definition) is 5. The topological polar surface area (TPSA) is 51.8 Å². The molecule has 314 valence electrons. The van der Waals surface area contributed by atoms with E-state index in [1.807, 2.05) is 11.3 Å². The van der Waals surface area contributed by atoms with Crippen molar-refractivity contribution in [1.29, 1.82) is 0 Å². The van der Waals surface area contributed by atoms with Crippen LogP contribution in [-0.2, 0) is 6.42 Å². The fourth-order valence-electron chi connectivity index (χ4n) is 10.7. The van der Waals surface area contributed by atoms with Gasteiger partial charge in [0.2, 0.25) is 0 Å². The summed E-state index contributed by atoms with van der Waals surface area (Å²) in [4.78, 5) is 16.3. The molecule has 0 spiro atoms.